The molecular formula is C13H15N3O2. The molecule has 0 bridgehead atoms. The van der Waals surface area contributed by atoms with Crippen LogP contribution in [-0.2, 0) is 4.79 Å². The number of amides is 1. The van der Waals surface area contributed by atoms with Gasteiger partial charge in [-0.15, -0.1) is 0 Å². The number of nitrogens with one attached hydrogen (secondary N) is 2. The van der Waals surface area contributed by atoms with Crippen molar-refractivity contribution >= 4 is 11.6 Å². The molecule has 1 aromatic rings. The molecule has 5 nitrogen and oxygen atoms in total. The van der Waals surface area contributed by atoms with Crippen LogP contribution in [0.25, 0.3) is 0 Å². The van der Waals surface area contributed by atoms with Crippen molar-refractivity contribution in [3.8, 4) is 11.8 Å². The zero-order chi connectivity index (χ0) is 13.1. The SMILES string of the molecule is COc1ccc2c(c1)C(NCC(C)C#N)C(=O)N2. The number of hydrogen-bond donors (Lipinski definition) is 2. The minimum absolute atomic E-state index is 0.0941. The topological polar surface area (TPSA) is 74.1 Å². The van der Waals surface area contributed by atoms with E-state index in [9.17, 15) is 4.79 Å². The first-order valence-corrected chi connectivity index (χ1v) is 5.77. The lowest BCUT2D eigenvalue weighted by Crippen LogP contribution is -2.30. The van der Waals surface area contributed by atoms with Crippen LogP contribution in [0.2, 0.25) is 0 Å². The highest BCUT2D eigenvalue weighted by molar-refractivity contribution is 6.02. The molecule has 1 aliphatic heterocycles. The summed E-state index contributed by atoms with van der Waals surface area (Å²) in [5.74, 6) is 0.487. The molecule has 0 saturated carbocycles. The molecule has 2 unspecified atom stereocenters. The molecule has 2 rings (SSSR count). The Bertz CT molecular complexity index is 507. The Kier molecular flexibility index (Phi) is 3.49. The van der Waals surface area contributed by atoms with Crippen LogP contribution in [0.5, 0.6) is 5.75 Å². The van der Waals surface area contributed by atoms with Gasteiger partial charge in [-0.25, -0.2) is 0 Å². The van der Waals surface area contributed by atoms with Gasteiger partial charge in [-0.1, -0.05) is 0 Å². The van der Waals surface area contributed by atoms with Crippen molar-refractivity contribution in [2.45, 2.75) is 13.0 Å². The quantitative estimate of drug-likeness (QED) is 0.841. The lowest BCUT2D eigenvalue weighted by atomic mass is 10.1. The van der Waals surface area contributed by atoms with E-state index in [4.69, 9.17) is 10.00 Å². The van der Waals surface area contributed by atoms with Crippen molar-refractivity contribution in [1.29, 1.82) is 5.26 Å². The first-order valence-electron chi connectivity index (χ1n) is 5.77. The Labute approximate surface area is 106 Å². The van der Waals surface area contributed by atoms with Gasteiger partial charge in [0.05, 0.1) is 19.1 Å². The van der Waals surface area contributed by atoms with Gasteiger partial charge in [0, 0.05) is 17.8 Å². The lowest BCUT2D eigenvalue weighted by Gasteiger charge is -2.12. The van der Waals surface area contributed by atoms with Crippen LogP contribution in [0.3, 0.4) is 0 Å². The number of anilines is 1. The van der Waals surface area contributed by atoms with Crippen LogP contribution in [0.15, 0.2) is 18.2 Å². The molecule has 94 valence electrons. The van der Waals surface area contributed by atoms with Crippen LogP contribution >= 0.6 is 0 Å². The van der Waals surface area contributed by atoms with E-state index >= 15 is 0 Å². The Morgan fingerprint density at radius 1 is 1.61 bits per heavy atom. The molecule has 0 fully saturated rings. The first-order chi connectivity index (χ1) is 8.65. The van der Waals surface area contributed by atoms with Crippen molar-refractivity contribution in [2.75, 3.05) is 19.0 Å². The summed E-state index contributed by atoms with van der Waals surface area (Å²) in [5, 5.41) is 14.6. The maximum atomic E-state index is 11.8. The molecule has 2 atom stereocenters. The van der Waals surface area contributed by atoms with Gasteiger partial charge in [0.25, 0.3) is 0 Å². The van der Waals surface area contributed by atoms with Crippen molar-refractivity contribution < 1.29 is 9.53 Å². The van der Waals surface area contributed by atoms with Gasteiger partial charge in [0.1, 0.15) is 11.8 Å². The third-order valence-electron chi connectivity index (χ3n) is 2.94. The average molecular weight is 245 g/mol. The minimum Gasteiger partial charge on any atom is -0.497 e. The highest BCUT2D eigenvalue weighted by Gasteiger charge is 2.30. The molecule has 18 heavy (non-hydrogen) atoms. The van der Waals surface area contributed by atoms with E-state index in [1.807, 2.05) is 19.1 Å². The maximum absolute atomic E-state index is 11.8. The fourth-order valence-electron chi connectivity index (χ4n) is 1.91. The number of nitrogens with zero attached hydrogens (tertiary/aromatic N) is 1. The largest absolute Gasteiger partial charge is 0.497 e. The normalized spacial score (nSPS) is 18.7. The van der Waals surface area contributed by atoms with Crippen LogP contribution in [-0.4, -0.2) is 19.6 Å². The third-order valence-corrected chi connectivity index (χ3v) is 2.94. The Hall–Kier alpha value is -2.06. The number of methoxy groups -OCH3 is 1. The molecule has 2 N–H and O–H groups in total. The number of hydrogen-bond acceptors (Lipinski definition) is 4. The zero-order valence-corrected chi connectivity index (χ0v) is 10.4. The summed E-state index contributed by atoms with van der Waals surface area (Å²) in [5.41, 5.74) is 1.66. The molecule has 0 aliphatic carbocycles. The number of fused-ring (bicyclic) bond motifs is 1. The van der Waals surface area contributed by atoms with Crippen LogP contribution in [0.4, 0.5) is 5.69 Å². The average Bonchev–Trinajstić information content (AvgIpc) is 2.70. The predicted molar refractivity (Wildman–Crippen MR) is 67.1 cm³/mol. The van der Waals surface area contributed by atoms with E-state index in [-0.39, 0.29) is 11.8 Å². The van der Waals surface area contributed by atoms with Crippen molar-refractivity contribution in [3.05, 3.63) is 23.8 Å². The van der Waals surface area contributed by atoms with E-state index in [0.29, 0.717) is 12.3 Å². The fourth-order valence-corrected chi connectivity index (χ4v) is 1.91. The highest BCUT2D eigenvalue weighted by Crippen LogP contribution is 2.33. The van der Waals surface area contributed by atoms with E-state index in [2.05, 4.69) is 16.7 Å². The molecular weight excluding hydrogens is 230 g/mol. The van der Waals surface area contributed by atoms with Gasteiger partial charge in [-0.2, -0.15) is 5.26 Å². The van der Waals surface area contributed by atoms with Gasteiger partial charge in [-0.3, -0.25) is 4.79 Å². The van der Waals surface area contributed by atoms with Crippen molar-refractivity contribution in [2.24, 2.45) is 5.92 Å². The second-order valence-electron chi connectivity index (χ2n) is 4.31. The Morgan fingerprint density at radius 2 is 2.39 bits per heavy atom. The Balaban J connectivity index is 2.18. The molecule has 1 amide bonds. The third kappa shape index (κ3) is 2.29. The molecule has 5 heteroatoms. The van der Waals surface area contributed by atoms with Gasteiger partial charge < -0.3 is 15.4 Å². The second-order valence-corrected chi connectivity index (χ2v) is 4.31. The number of carbonyl (C=O) groups is 1. The summed E-state index contributed by atoms with van der Waals surface area (Å²) in [7, 11) is 1.59. The molecule has 0 aromatic heterocycles. The van der Waals surface area contributed by atoms with Gasteiger partial charge in [0.15, 0.2) is 0 Å². The number of carbonyl (C=O) groups excluding carboxylic acids is 1. The molecule has 1 heterocycles. The molecule has 0 radical (unpaired) electrons. The van der Waals surface area contributed by atoms with Gasteiger partial charge >= 0.3 is 0 Å². The van der Waals surface area contributed by atoms with Crippen LogP contribution in [0, 0.1) is 17.2 Å². The predicted octanol–water partition coefficient (Wildman–Crippen LogP) is 1.44. The monoisotopic (exact) mass is 245 g/mol. The number of benzene rings is 1. The minimum atomic E-state index is -0.411. The lowest BCUT2D eigenvalue weighted by molar-refractivity contribution is -0.117. The van der Waals surface area contributed by atoms with E-state index < -0.39 is 6.04 Å². The van der Waals surface area contributed by atoms with Crippen molar-refractivity contribution in [1.82, 2.24) is 5.32 Å². The van der Waals surface area contributed by atoms with Gasteiger partial charge in [0.2, 0.25) is 5.91 Å². The summed E-state index contributed by atoms with van der Waals surface area (Å²) in [4.78, 5) is 11.8. The summed E-state index contributed by atoms with van der Waals surface area (Å²) >= 11 is 0. The molecule has 1 aromatic carbocycles. The smallest absolute Gasteiger partial charge is 0.246 e. The number of rotatable bonds is 4. The summed E-state index contributed by atoms with van der Waals surface area (Å²) in [6.45, 7) is 2.29. The summed E-state index contributed by atoms with van der Waals surface area (Å²) < 4.78 is 5.15. The standard InChI is InChI=1S/C13H15N3O2/c1-8(6-14)7-15-12-10-5-9(18-2)3-4-11(10)16-13(12)17/h3-5,8,12,15H,7H2,1-2H3,(H,16,17). The fraction of sp³-hybridized carbons (Fsp3) is 0.385. The number of nitriles is 1. The number of ether oxygens (including phenoxy) is 1. The summed E-state index contributed by atoms with van der Waals surface area (Å²) in [6, 6.07) is 7.18. The van der Waals surface area contributed by atoms with Crippen molar-refractivity contribution in [3.63, 3.8) is 0 Å². The highest BCUT2D eigenvalue weighted by atomic mass is 16.5. The van der Waals surface area contributed by atoms with E-state index in [1.165, 1.54) is 0 Å². The van der Waals surface area contributed by atoms with E-state index in [0.717, 1.165) is 11.3 Å². The van der Waals surface area contributed by atoms with Crippen LogP contribution in [0.1, 0.15) is 18.5 Å². The first kappa shape index (κ1) is 12.4. The van der Waals surface area contributed by atoms with E-state index in [1.54, 1.807) is 13.2 Å². The molecule has 0 spiro atoms. The maximum Gasteiger partial charge on any atom is 0.246 e. The van der Waals surface area contributed by atoms with Crippen LogP contribution < -0.4 is 15.4 Å². The Morgan fingerprint density at radius 3 is 3.06 bits per heavy atom. The molecule has 1 aliphatic rings. The zero-order valence-electron chi connectivity index (χ0n) is 10.4. The molecule has 0 saturated heterocycles. The van der Waals surface area contributed by atoms with Gasteiger partial charge in [-0.05, 0) is 25.1 Å². The summed E-state index contributed by atoms with van der Waals surface area (Å²) in [6.07, 6.45) is 0. The second kappa shape index (κ2) is 5.07.